The van der Waals surface area contributed by atoms with E-state index in [1.807, 2.05) is 6.20 Å². The van der Waals surface area contributed by atoms with E-state index in [1.54, 1.807) is 0 Å². The van der Waals surface area contributed by atoms with Crippen LogP contribution in [-0.2, 0) is 0 Å². The molecule has 13 rings (SSSR count). The Kier molecular flexibility index (Phi) is 7.55. The third-order valence-electron chi connectivity index (χ3n) is 13.0. The summed E-state index contributed by atoms with van der Waals surface area (Å²) >= 11 is 0. The molecule has 0 bridgehead atoms. The number of allylic oxidation sites excluding steroid dienone is 8. The maximum Gasteiger partial charge on any atom is 0.380 e. The number of para-hydroxylation sites is 2. The lowest BCUT2D eigenvalue weighted by atomic mass is 9.42. The minimum atomic E-state index is -0.0346. The molecule has 0 radical (unpaired) electrons. The monoisotopic (exact) mass is 777 g/mol. The molecule has 0 N–H and O–H groups in total. The second-order valence-corrected chi connectivity index (χ2v) is 16.2. The van der Waals surface area contributed by atoms with E-state index < -0.39 is 0 Å². The highest BCUT2D eigenvalue weighted by Crippen LogP contribution is 2.48. The molecule has 2 aromatic heterocycles. The molecule has 1 saturated heterocycles. The molecule has 0 atom stereocenters. The molecule has 5 aromatic carbocycles. The van der Waals surface area contributed by atoms with Gasteiger partial charge >= 0.3 is 27.9 Å². The van der Waals surface area contributed by atoms with E-state index in [4.69, 9.17) is 9.97 Å². The Balaban J connectivity index is 0.959. The van der Waals surface area contributed by atoms with Crippen LogP contribution in [0.4, 0.5) is 0 Å². The summed E-state index contributed by atoms with van der Waals surface area (Å²) in [5.74, 6) is 9.17. The highest BCUT2D eigenvalue weighted by atomic mass is 15.3. The average molecular weight is 777 g/mol. The van der Waals surface area contributed by atoms with Crippen molar-refractivity contribution in [3.63, 3.8) is 0 Å². The third-order valence-corrected chi connectivity index (χ3v) is 13.0. The third kappa shape index (κ3) is 5.16. The van der Waals surface area contributed by atoms with Crippen molar-refractivity contribution in [3.05, 3.63) is 218 Å². The van der Waals surface area contributed by atoms with E-state index >= 15 is 0 Å². The van der Waals surface area contributed by atoms with Crippen LogP contribution in [0.5, 0.6) is 0 Å². The molecule has 282 valence electrons. The quantitative estimate of drug-likeness (QED) is 0.163. The SMILES string of the molecule is C1=CB2N(C=C1)B1C=CC=CN1B1C=CC(c3cnc4c(n3)-c3ccccc3-c3ccc(-n5c6ccccc6c6ccccc65)cc3-c3ccccc3-4)=CN1B1C=CC=CN21. The van der Waals surface area contributed by atoms with Crippen LogP contribution in [0.15, 0.2) is 213 Å². The van der Waals surface area contributed by atoms with Crippen molar-refractivity contribution in [1.82, 2.24) is 33.4 Å². The number of fused-ring (bicyclic) bond motifs is 19. The highest BCUT2D eigenvalue weighted by Gasteiger charge is 2.50. The standard InChI is InChI=1S/C50H35B4N7/c1-4-20-44-38(15-1)40-24-23-37(61-47-21-7-5-17-41(47)42-18-6-8-22-48(42)61)33-45(40)39-16-2-3-19-43(39)49-50(44)56-46(34-55-49)36-25-29-54-59-32-13-10-27-52(59)57-30-12-9-26-51(57)58-31-14-11-28-53(58)60(54)35-36/h1-35H. The summed E-state index contributed by atoms with van der Waals surface area (Å²) in [6, 6.07) is 41.7. The number of nitrogens with zero attached hydrogens (tertiary/aromatic N) is 7. The fourth-order valence-electron chi connectivity index (χ4n) is 10.3. The van der Waals surface area contributed by atoms with E-state index in [1.165, 1.54) is 32.9 Å². The molecule has 0 spiro atoms. The first kappa shape index (κ1) is 34.2. The van der Waals surface area contributed by atoms with Crippen molar-refractivity contribution >= 4 is 55.3 Å². The van der Waals surface area contributed by atoms with Gasteiger partial charge in [-0.05, 0) is 89.5 Å². The number of rotatable bonds is 2. The first-order chi connectivity index (χ1) is 30.3. The van der Waals surface area contributed by atoms with Crippen molar-refractivity contribution in [2.75, 3.05) is 0 Å². The van der Waals surface area contributed by atoms with Crippen molar-refractivity contribution < 1.29 is 0 Å². The molecule has 1 aliphatic carbocycles. The Labute approximate surface area is 356 Å². The predicted octanol–water partition coefficient (Wildman–Crippen LogP) is 10.0. The smallest absolute Gasteiger partial charge is 0.380 e. The summed E-state index contributed by atoms with van der Waals surface area (Å²) in [6.45, 7) is 0.00916. The van der Waals surface area contributed by atoms with Crippen LogP contribution in [-0.4, -0.2) is 61.4 Å². The Hall–Kier alpha value is -7.64. The molecule has 7 nitrogen and oxygen atoms in total. The molecule has 0 unspecified atom stereocenters. The molecular formula is C50H35B4N7. The maximum absolute atomic E-state index is 5.58. The van der Waals surface area contributed by atoms with E-state index in [9.17, 15) is 0 Å². The molecule has 7 aromatic rings. The van der Waals surface area contributed by atoms with E-state index in [2.05, 4.69) is 230 Å². The van der Waals surface area contributed by atoms with Crippen LogP contribution in [0.2, 0.25) is 0 Å². The number of benzene rings is 5. The minimum Gasteiger partial charge on any atom is -0.423 e. The molecule has 0 amide bonds. The number of aromatic nitrogens is 3. The molecule has 7 heterocycles. The van der Waals surface area contributed by atoms with Gasteiger partial charge in [-0.1, -0.05) is 139 Å². The molecule has 5 aliphatic heterocycles. The van der Waals surface area contributed by atoms with Crippen molar-refractivity contribution in [3.8, 4) is 50.5 Å². The van der Waals surface area contributed by atoms with Crippen molar-refractivity contribution in [2.45, 2.75) is 0 Å². The zero-order valence-corrected chi connectivity index (χ0v) is 33.1. The Morgan fingerprint density at radius 2 is 0.934 bits per heavy atom. The fourth-order valence-corrected chi connectivity index (χ4v) is 10.3. The van der Waals surface area contributed by atoms with Gasteiger partial charge < -0.3 is 23.5 Å². The topological polar surface area (TPSA) is 43.7 Å². The van der Waals surface area contributed by atoms with Crippen LogP contribution >= 0.6 is 0 Å². The van der Waals surface area contributed by atoms with Crippen LogP contribution in [0.1, 0.15) is 5.69 Å². The van der Waals surface area contributed by atoms with Gasteiger partial charge in [0.1, 0.15) is 0 Å². The van der Waals surface area contributed by atoms with Gasteiger partial charge in [0.2, 0.25) is 0 Å². The largest absolute Gasteiger partial charge is 0.423 e. The second kappa shape index (κ2) is 13.4. The molecule has 11 heteroatoms. The summed E-state index contributed by atoms with van der Waals surface area (Å²) in [4.78, 5) is 10.9. The lowest BCUT2D eigenvalue weighted by Gasteiger charge is -2.53. The van der Waals surface area contributed by atoms with Crippen LogP contribution in [0.25, 0.3) is 77.8 Å². The number of hydrogen-bond donors (Lipinski definition) is 0. The summed E-state index contributed by atoms with van der Waals surface area (Å²) in [7, 11) is 0. The predicted molar refractivity (Wildman–Crippen MR) is 254 cm³/mol. The Bertz CT molecular complexity index is 3160. The van der Waals surface area contributed by atoms with E-state index in [0.29, 0.717) is 0 Å². The second-order valence-electron chi connectivity index (χ2n) is 16.2. The number of hydrogen-bond acceptors (Lipinski definition) is 6. The first-order valence-corrected chi connectivity index (χ1v) is 21.0. The molecule has 61 heavy (non-hydrogen) atoms. The van der Waals surface area contributed by atoms with Gasteiger partial charge in [0.15, 0.2) is 0 Å². The van der Waals surface area contributed by atoms with Gasteiger partial charge in [0.05, 0.1) is 34.3 Å². The van der Waals surface area contributed by atoms with Crippen LogP contribution < -0.4 is 0 Å². The molecule has 6 aliphatic rings. The Morgan fingerprint density at radius 3 is 1.57 bits per heavy atom. The summed E-state index contributed by atoms with van der Waals surface area (Å²) in [5, 5.41) is 2.50. The van der Waals surface area contributed by atoms with E-state index in [-0.39, 0.29) is 27.9 Å². The zero-order chi connectivity index (χ0) is 40.0. The van der Waals surface area contributed by atoms with Gasteiger partial charge in [-0.15, -0.1) is 0 Å². The summed E-state index contributed by atoms with van der Waals surface area (Å²) in [5.41, 5.74) is 13.8. The van der Waals surface area contributed by atoms with Gasteiger partial charge in [-0.25, -0.2) is 4.98 Å². The molecular weight excluding hydrogens is 742 g/mol. The van der Waals surface area contributed by atoms with Gasteiger partial charge in [-0.3, -0.25) is 4.98 Å². The fraction of sp³-hybridized carbons (Fsp3) is 0. The van der Waals surface area contributed by atoms with Gasteiger partial charge in [-0.2, -0.15) is 0 Å². The minimum absolute atomic E-state index is 0.0346. The maximum atomic E-state index is 5.58. The van der Waals surface area contributed by atoms with Gasteiger partial charge in [0, 0.05) is 33.2 Å². The molecule has 0 saturated carbocycles. The lowest BCUT2D eigenvalue weighted by molar-refractivity contribution is 0.622. The van der Waals surface area contributed by atoms with Crippen LogP contribution in [0.3, 0.4) is 0 Å². The summed E-state index contributed by atoms with van der Waals surface area (Å²) in [6.07, 6.45) is 26.0. The first-order valence-electron chi connectivity index (χ1n) is 21.0. The summed E-state index contributed by atoms with van der Waals surface area (Å²) < 4.78 is 12.2. The lowest BCUT2D eigenvalue weighted by Crippen LogP contribution is -2.73. The Morgan fingerprint density at radius 1 is 0.426 bits per heavy atom. The van der Waals surface area contributed by atoms with E-state index in [0.717, 1.165) is 50.6 Å². The zero-order valence-electron chi connectivity index (χ0n) is 33.1. The van der Waals surface area contributed by atoms with Crippen LogP contribution in [0, 0.1) is 0 Å². The van der Waals surface area contributed by atoms with Gasteiger partial charge in [0.25, 0.3) is 0 Å². The normalized spacial score (nSPS) is 16.6. The highest BCUT2D eigenvalue weighted by molar-refractivity contribution is 6.92. The van der Waals surface area contributed by atoms with Crippen molar-refractivity contribution in [2.24, 2.45) is 0 Å². The average Bonchev–Trinajstić information content (AvgIpc) is 3.67. The van der Waals surface area contributed by atoms with Crippen molar-refractivity contribution in [1.29, 1.82) is 0 Å². The molecule has 1 fully saturated rings.